The van der Waals surface area contributed by atoms with E-state index in [1.54, 1.807) is 36.5 Å². The number of nitrogens with zero attached hydrogens (tertiary/aromatic N) is 10. The van der Waals surface area contributed by atoms with Crippen molar-refractivity contribution in [2.24, 2.45) is 18.2 Å². The maximum absolute atomic E-state index is 14.1. The fourth-order valence-electron chi connectivity index (χ4n) is 11.5. The van der Waals surface area contributed by atoms with Gasteiger partial charge in [-0.15, -0.1) is 0 Å². The molecule has 0 saturated carbocycles. The smallest absolute Gasteiger partial charge is 0.293 e. The minimum atomic E-state index is -0.558. The Bertz CT molecular complexity index is 2860. The van der Waals surface area contributed by atoms with E-state index in [2.05, 4.69) is 79.6 Å². The van der Waals surface area contributed by atoms with Gasteiger partial charge in [0.2, 0.25) is 5.91 Å². The lowest BCUT2D eigenvalue weighted by molar-refractivity contribution is -0.113. The van der Waals surface area contributed by atoms with Crippen LogP contribution in [0.3, 0.4) is 0 Å². The summed E-state index contributed by atoms with van der Waals surface area (Å²) in [6, 6.07) is 15.1. The molecule has 17 nitrogen and oxygen atoms in total. The van der Waals surface area contributed by atoms with E-state index in [9.17, 15) is 19.5 Å². The first-order valence-corrected chi connectivity index (χ1v) is 24.5. The van der Waals surface area contributed by atoms with Crippen molar-refractivity contribution in [2.45, 2.75) is 84.7 Å². The highest BCUT2D eigenvalue weighted by atomic mass is 16.3. The summed E-state index contributed by atoms with van der Waals surface area (Å²) in [5.41, 5.74) is 13.6. The quantitative estimate of drug-likeness (QED) is 0.136. The molecule has 10 rings (SSSR count). The number of anilines is 6. The fourth-order valence-corrected chi connectivity index (χ4v) is 11.5. The molecule has 3 fully saturated rings. The topological polar surface area (TPSA) is 186 Å². The normalized spacial score (nSPS) is 21.0. The first-order valence-electron chi connectivity index (χ1n) is 24.5. The molecule has 2 amide bonds. The molecule has 5 N–H and O–H groups in total. The van der Waals surface area contributed by atoms with E-state index in [0.717, 1.165) is 95.1 Å². The lowest BCUT2D eigenvalue weighted by Gasteiger charge is -2.47. The van der Waals surface area contributed by atoms with E-state index < -0.39 is 12.5 Å². The second-order valence-electron chi connectivity index (χ2n) is 20.3. The summed E-state index contributed by atoms with van der Waals surface area (Å²) in [5, 5.41) is 17.6. The molecule has 3 saturated heterocycles. The molecule has 1 aromatic carbocycles. The molecule has 0 spiro atoms. The van der Waals surface area contributed by atoms with Crippen molar-refractivity contribution in [1.82, 2.24) is 34.3 Å². The number of rotatable bonds is 11. The van der Waals surface area contributed by atoms with Gasteiger partial charge in [0.1, 0.15) is 17.3 Å². The van der Waals surface area contributed by atoms with Crippen LogP contribution in [0.25, 0.3) is 17.3 Å². The number of fused-ring (bicyclic) bond motifs is 3. The third kappa shape index (κ3) is 9.10. The van der Waals surface area contributed by atoms with Crippen LogP contribution in [0.1, 0.15) is 73.4 Å². The lowest BCUT2D eigenvalue weighted by Crippen LogP contribution is -2.57. The Hall–Kier alpha value is -6.56. The third-order valence-corrected chi connectivity index (χ3v) is 15.0. The van der Waals surface area contributed by atoms with Crippen LogP contribution in [0.2, 0.25) is 0 Å². The molecule has 0 radical (unpaired) electrons. The molecule has 362 valence electrons. The summed E-state index contributed by atoms with van der Waals surface area (Å²) < 4.78 is 3.60. The molecule has 4 aliphatic heterocycles. The van der Waals surface area contributed by atoms with Gasteiger partial charge in [0, 0.05) is 161 Å². The van der Waals surface area contributed by atoms with Gasteiger partial charge in [0.25, 0.3) is 11.5 Å². The number of benzene rings is 1. The lowest BCUT2D eigenvalue weighted by atomic mass is 9.90. The molecule has 4 aromatic heterocycles. The summed E-state index contributed by atoms with van der Waals surface area (Å²) in [5.74, 6) is 0.789. The Balaban J connectivity index is 0.839. The van der Waals surface area contributed by atoms with Crippen LogP contribution in [0.5, 0.6) is 0 Å². The zero-order chi connectivity index (χ0) is 48.1. The highest BCUT2D eigenvalue weighted by molar-refractivity contribution is 6.06. The fraction of sp³-hybridized carbons (Fsp3) is 0.462. The number of aryl methyl sites for hydroxylation is 1. The molecule has 8 heterocycles. The number of aromatic nitrogens is 5. The van der Waals surface area contributed by atoms with Crippen LogP contribution in [0.4, 0.5) is 34.5 Å². The number of nitrogens with one attached hydrogen (secondary N) is 2. The van der Waals surface area contributed by atoms with Crippen LogP contribution < -0.4 is 41.5 Å². The van der Waals surface area contributed by atoms with E-state index in [4.69, 9.17) is 15.7 Å². The van der Waals surface area contributed by atoms with Gasteiger partial charge >= 0.3 is 0 Å². The van der Waals surface area contributed by atoms with Gasteiger partial charge in [-0.2, -0.15) is 0 Å². The van der Waals surface area contributed by atoms with Crippen LogP contribution in [-0.4, -0.2) is 123 Å². The number of carbonyl (C=O) groups is 2. The van der Waals surface area contributed by atoms with Gasteiger partial charge < -0.3 is 45.3 Å². The highest BCUT2D eigenvalue weighted by Crippen LogP contribution is 2.40. The van der Waals surface area contributed by atoms with Crippen molar-refractivity contribution < 1.29 is 14.7 Å². The Morgan fingerprint density at radius 3 is 2.52 bits per heavy atom. The molecule has 5 aliphatic rings. The van der Waals surface area contributed by atoms with Crippen LogP contribution in [0.15, 0.2) is 71.9 Å². The predicted molar refractivity (Wildman–Crippen MR) is 271 cm³/mol. The first kappa shape index (κ1) is 46.2. The maximum atomic E-state index is 14.1. The summed E-state index contributed by atoms with van der Waals surface area (Å²) in [6.07, 6.45) is 12.3. The SMILES string of the molecule is C[C@H]1CNCCN1c1cc(N2CCC(N3CCN(c4ccc(Nc5nc(-c6ccnc(N7CCn8c(cc9c8CC(C)(C)C9)C7=O)c6CO)cn(C)c5=O)cc4C=CC(N)=O)[C@@H](C)C3)CC2)ccn1. The zero-order valence-corrected chi connectivity index (χ0v) is 40.5. The first-order chi connectivity index (χ1) is 33.2. The number of hydrogen-bond donors (Lipinski definition) is 4. The molecule has 17 heteroatoms. The van der Waals surface area contributed by atoms with Crippen molar-refractivity contribution in [1.29, 1.82) is 0 Å². The number of pyridine rings is 2. The molecule has 0 bridgehead atoms. The summed E-state index contributed by atoms with van der Waals surface area (Å²) >= 11 is 0. The monoisotopic (exact) mass is 936 g/mol. The zero-order valence-electron chi connectivity index (χ0n) is 40.5. The number of piperazine rings is 2. The molecule has 5 aromatic rings. The average Bonchev–Trinajstić information content (AvgIpc) is 3.84. The van der Waals surface area contributed by atoms with E-state index >= 15 is 0 Å². The molecule has 0 unspecified atom stereocenters. The summed E-state index contributed by atoms with van der Waals surface area (Å²) in [6.45, 7) is 17.2. The van der Waals surface area contributed by atoms with Gasteiger partial charge in [-0.05, 0) is 93.0 Å². The number of carbonyl (C=O) groups excluding carboxylic acids is 2. The molecular weight excluding hydrogens is 871 g/mol. The second-order valence-corrected chi connectivity index (χ2v) is 20.3. The Morgan fingerprint density at radius 2 is 1.75 bits per heavy atom. The highest BCUT2D eigenvalue weighted by Gasteiger charge is 2.38. The molecule has 69 heavy (non-hydrogen) atoms. The van der Waals surface area contributed by atoms with E-state index in [0.29, 0.717) is 59.2 Å². The summed E-state index contributed by atoms with van der Waals surface area (Å²) in [4.78, 5) is 65.6. The van der Waals surface area contributed by atoms with E-state index in [1.807, 2.05) is 30.5 Å². The minimum absolute atomic E-state index is 0.0747. The van der Waals surface area contributed by atoms with E-state index in [-0.39, 0.29) is 28.7 Å². The molecule has 1 aliphatic carbocycles. The van der Waals surface area contributed by atoms with Gasteiger partial charge in [0.15, 0.2) is 5.82 Å². The maximum Gasteiger partial charge on any atom is 0.293 e. The van der Waals surface area contributed by atoms with Gasteiger partial charge in [-0.25, -0.2) is 15.0 Å². The standard InChI is InChI=1S/C52H65N13O4/c1-33-29-54-16-19-63(33)47-26-39(10-14-55-47)60-17-12-38(13-18-60)61-20-21-62(34(2)30-61)43-8-7-37(24-35(43)6-9-46(53)67)57-48-51(69)59(5)31-42(58-48)40-11-15-56-49(41(40)32-66)65-23-22-64-44(50(65)68)25-36-27-52(3,4)28-45(36)64/h6-11,14-15,24-26,31,33-34,38,54,66H,12-13,16-23,27-30,32H2,1-5H3,(H2,53,67)(H,57,58)/t33-,34-/m0/s1. The third-order valence-electron chi connectivity index (χ3n) is 15.0. The van der Waals surface area contributed by atoms with Crippen molar-refractivity contribution in [3.63, 3.8) is 0 Å². The number of aliphatic hydroxyl groups excluding tert-OH is 1. The Kier molecular flexibility index (Phi) is 12.5. The number of nitrogens with two attached hydrogens (primary N) is 1. The van der Waals surface area contributed by atoms with Crippen LogP contribution in [-0.2, 0) is 37.8 Å². The average molecular weight is 936 g/mol. The number of primary amides is 1. The van der Waals surface area contributed by atoms with Crippen molar-refractivity contribution in [2.75, 3.05) is 83.8 Å². The van der Waals surface area contributed by atoms with E-state index in [1.165, 1.54) is 27.6 Å². The second kappa shape index (κ2) is 18.7. The predicted octanol–water partition coefficient (Wildman–Crippen LogP) is 4.54. The largest absolute Gasteiger partial charge is 0.392 e. The number of hydrogen-bond acceptors (Lipinski definition) is 13. The van der Waals surface area contributed by atoms with Crippen molar-refractivity contribution in [3.8, 4) is 11.3 Å². The van der Waals surface area contributed by atoms with Crippen LogP contribution in [0, 0.1) is 5.41 Å². The number of amides is 2. The Morgan fingerprint density at radius 1 is 0.942 bits per heavy atom. The summed E-state index contributed by atoms with van der Waals surface area (Å²) in [7, 11) is 1.65. The van der Waals surface area contributed by atoms with Crippen molar-refractivity contribution >= 4 is 52.4 Å². The number of piperidine rings is 1. The van der Waals surface area contributed by atoms with Gasteiger partial charge in [-0.1, -0.05) is 13.8 Å². The molecule has 2 atom stereocenters. The minimum Gasteiger partial charge on any atom is -0.392 e. The van der Waals surface area contributed by atoms with Crippen molar-refractivity contribution in [3.05, 3.63) is 106 Å². The van der Waals surface area contributed by atoms with Crippen LogP contribution >= 0.6 is 0 Å². The molecular formula is C52H65N13O4. The van der Waals surface area contributed by atoms with Gasteiger partial charge in [-0.3, -0.25) is 24.2 Å². The Labute approximate surface area is 403 Å². The number of aliphatic hydroxyl groups is 1. The van der Waals surface area contributed by atoms with Gasteiger partial charge in [0.05, 0.1) is 12.3 Å².